The maximum absolute atomic E-state index is 12.6. The van der Waals surface area contributed by atoms with E-state index in [4.69, 9.17) is 5.11 Å². The van der Waals surface area contributed by atoms with E-state index in [-0.39, 0.29) is 13.0 Å². The average molecular weight is 323 g/mol. The van der Waals surface area contributed by atoms with E-state index in [9.17, 15) is 26.4 Å². The van der Waals surface area contributed by atoms with Gasteiger partial charge in [-0.1, -0.05) is 6.07 Å². The molecule has 0 unspecified atom stereocenters. The summed E-state index contributed by atoms with van der Waals surface area (Å²) in [5.41, 5.74) is -1.09. The number of alkyl halides is 3. The third-order valence-electron chi connectivity index (χ3n) is 3.26. The van der Waals surface area contributed by atoms with Crippen molar-refractivity contribution in [1.82, 2.24) is 4.31 Å². The van der Waals surface area contributed by atoms with Crippen LogP contribution >= 0.6 is 0 Å². The van der Waals surface area contributed by atoms with Crippen molar-refractivity contribution in [2.45, 2.75) is 30.0 Å². The van der Waals surface area contributed by atoms with Crippen LogP contribution in [0.2, 0.25) is 0 Å². The van der Waals surface area contributed by atoms with Crippen molar-refractivity contribution in [2.75, 3.05) is 6.54 Å². The minimum absolute atomic E-state index is 0.0183. The van der Waals surface area contributed by atoms with Crippen LogP contribution in [0.15, 0.2) is 29.2 Å². The van der Waals surface area contributed by atoms with Gasteiger partial charge in [-0.3, -0.25) is 4.79 Å². The third kappa shape index (κ3) is 3.03. The molecule has 2 rings (SSSR count). The topological polar surface area (TPSA) is 74.7 Å². The first-order valence-electron chi connectivity index (χ1n) is 6.06. The van der Waals surface area contributed by atoms with Gasteiger partial charge in [0.25, 0.3) is 0 Å². The molecule has 0 bridgehead atoms. The number of halogens is 3. The first-order chi connectivity index (χ1) is 9.64. The average Bonchev–Trinajstić information content (AvgIpc) is 2.88. The number of hydrogen-bond acceptors (Lipinski definition) is 3. The highest BCUT2D eigenvalue weighted by Gasteiger charge is 2.40. The van der Waals surface area contributed by atoms with E-state index in [0.717, 1.165) is 22.5 Å². The minimum Gasteiger partial charge on any atom is -0.480 e. The molecule has 1 aromatic carbocycles. The first kappa shape index (κ1) is 15.8. The summed E-state index contributed by atoms with van der Waals surface area (Å²) in [5, 5.41) is 8.99. The fraction of sp³-hybridized carbons (Fsp3) is 0.417. The SMILES string of the molecule is O=C(O)[C@H]1CCCN1S(=O)(=O)c1cccc(C(F)(F)F)c1. The molecule has 1 aliphatic rings. The van der Waals surface area contributed by atoms with E-state index in [1.54, 1.807) is 0 Å². The number of rotatable bonds is 3. The minimum atomic E-state index is -4.66. The Morgan fingerprint density at radius 2 is 2.00 bits per heavy atom. The molecular formula is C12H12F3NO4S. The molecule has 0 aromatic heterocycles. The summed E-state index contributed by atoms with van der Waals surface area (Å²) in [5.74, 6) is -1.30. The Morgan fingerprint density at radius 3 is 2.57 bits per heavy atom. The van der Waals surface area contributed by atoms with Crippen LogP contribution in [0, 0.1) is 0 Å². The van der Waals surface area contributed by atoms with Crippen molar-refractivity contribution < 1.29 is 31.5 Å². The van der Waals surface area contributed by atoms with Crippen molar-refractivity contribution in [3.05, 3.63) is 29.8 Å². The maximum Gasteiger partial charge on any atom is 0.416 e. The number of carbonyl (C=O) groups is 1. The number of carboxylic acid groups (broad SMARTS) is 1. The van der Waals surface area contributed by atoms with E-state index in [2.05, 4.69) is 0 Å². The molecule has 1 aromatic rings. The number of sulfonamides is 1. The summed E-state index contributed by atoms with van der Waals surface area (Å²) in [6.07, 6.45) is -4.16. The molecule has 0 amide bonds. The van der Waals surface area contributed by atoms with Crippen molar-refractivity contribution in [1.29, 1.82) is 0 Å². The van der Waals surface area contributed by atoms with Crippen LogP contribution in [-0.2, 0) is 21.0 Å². The monoisotopic (exact) mass is 323 g/mol. The van der Waals surface area contributed by atoms with Crippen LogP contribution in [0.3, 0.4) is 0 Å². The molecule has 9 heteroatoms. The molecule has 5 nitrogen and oxygen atoms in total. The van der Waals surface area contributed by atoms with Gasteiger partial charge in [-0.05, 0) is 31.0 Å². The largest absolute Gasteiger partial charge is 0.480 e. The van der Waals surface area contributed by atoms with Gasteiger partial charge in [0, 0.05) is 6.54 Å². The van der Waals surface area contributed by atoms with E-state index in [1.807, 2.05) is 0 Å². The van der Waals surface area contributed by atoms with Gasteiger partial charge in [-0.25, -0.2) is 8.42 Å². The summed E-state index contributed by atoms with van der Waals surface area (Å²) < 4.78 is 63.3. The highest BCUT2D eigenvalue weighted by atomic mass is 32.2. The number of aliphatic carboxylic acids is 1. The van der Waals surface area contributed by atoms with E-state index in [0.29, 0.717) is 12.5 Å². The van der Waals surface area contributed by atoms with Crippen LogP contribution in [0.1, 0.15) is 18.4 Å². The van der Waals surface area contributed by atoms with Gasteiger partial charge in [0.05, 0.1) is 10.5 Å². The molecule has 1 saturated heterocycles. The summed E-state index contributed by atoms with van der Waals surface area (Å²) in [4.78, 5) is 10.5. The van der Waals surface area contributed by atoms with Crippen LogP contribution in [0.4, 0.5) is 13.2 Å². The van der Waals surface area contributed by atoms with Crippen LogP contribution < -0.4 is 0 Å². The van der Waals surface area contributed by atoms with Gasteiger partial charge < -0.3 is 5.11 Å². The number of hydrogen-bond donors (Lipinski definition) is 1. The number of nitrogens with zero attached hydrogens (tertiary/aromatic N) is 1. The lowest BCUT2D eigenvalue weighted by molar-refractivity contribution is -0.141. The quantitative estimate of drug-likeness (QED) is 0.922. The van der Waals surface area contributed by atoms with Crippen molar-refractivity contribution in [3.8, 4) is 0 Å². The fourth-order valence-corrected chi connectivity index (χ4v) is 3.94. The molecular weight excluding hydrogens is 311 g/mol. The van der Waals surface area contributed by atoms with Gasteiger partial charge in [0.2, 0.25) is 10.0 Å². The van der Waals surface area contributed by atoms with Gasteiger partial charge in [0.15, 0.2) is 0 Å². The second kappa shape index (κ2) is 5.30. The molecule has 0 radical (unpaired) electrons. The highest BCUT2D eigenvalue weighted by molar-refractivity contribution is 7.89. The van der Waals surface area contributed by atoms with Crippen molar-refractivity contribution in [2.24, 2.45) is 0 Å². The molecule has 21 heavy (non-hydrogen) atoms. The predicted octanol–water partition coefficient (Wildman–Crippen LogP) is 1.94. The Bertz CT molecular complexity index is 657. The zero-order valence-electron chi connectivity index (χ0n) is 10.7. The smallest absolute Gasteiger partial charge is 0.416 e. The molecule has 1 aliphatic heterocycles. The highest BCUT2D eigenvalue weighted by Crippen LogP contribution is 2.32. The fourth-order valence-electron chi connectivity index (χ4n) is 2.24. The second-order valence-corrected chi connectivity index (χ2v) is 6.53. The van der Waals surface area contributed by atoms with Gasteiger partial charge >= 0.3 is 12.1 Å². The zero-order chi connectivity index (χ0) is 15.8. The molecule has 116 valence electrons. The van der Waals surface area contributed by atoms with Crippen molar-refractivity contribution >= 4 is 16.0 Å². The Labute approximate surface area is 119 Å². The van der Waals surface area contributed by atoms with Gasteiger partial charge in [-0.15, -0.1) is 0 Å². The summed E-state index contributed by atoms with van der Waals surface area (Å²) >= 11 is 0. The van der Waals surface area contributed by atoms with Crippen LogP contribution in [0.25, 0.3) is 0 Å². The lowest BCUT2D eigenvalue weighted by atomic mass is 10.2. The standard InChI is InChI=1S/C12H12F3NO4S/c13-12(14,15)8-3-1-4-9(7-8)21(19,20)16-6-2-5-10(16)11(17)18/h1,3-4,7,10H,2,5-6H2,(H,17,18)/t10-/m1/s1. The molecule has 1 atom stereocenters. The number of benzene rings is 1. The lowest BCUT2D eigenvalue weighted by Crippen LogP contribution is -2.40. The second-order valence-electron chi connectivity index (χ2n) is 4.64. The molecule has 0 spiro atoms. The Hall–Kier alpha value is -1.61. The maximum atomic E-state index is 12.6. The van der Waals surface area contributed by atoms with Gasteiger partial charge in [-0.2, -0.15) is 17.5 Å². The summed E-state index contributed by atoms with van der Waals surface area (Å²) in [6, 6.07) is 2.07. The molecule has 1 N–H and O–H groups in total. The molecule has 0 aliphatic carbocycles. The lowest BCUT2D eigenvalue weighted by Gasteiger charge is -2.21. The van der Waals surface area contributed by atoms with E-state index < -0.39 is 38.7 Å². The van der Waals surface area contributed by atoms with E-state index >= 15 is 0 Å². The summed E-state index contributed by atoms with van der Waals surface area (Å²) in [7, 11) is -4.26. The Balaban J connectivity index is 2.43. The van der Waals surface area contributed by atoms with E-state index in [1.165, 1.54) is 0 Å². The Kier molecular flexibility index (Phi) is 3.98. The third-order valence-corrected chi connectivity index (χ3v) is 5.16. The summed E-state index contributed by atoms with van der Waals surface area (Å²) in [6.45, 7) is -0.0183. The molecule has 0 saturated carbocycles. The molecule has 1 heterocycles. The van der Waals surface area contributed by atoms with Gasteiger partial charge in [0.1, 0.15) is 6.04 Å². The first-order valence-corrected chi connectivity index (χ1v) is 7.50. The predicted molar refractivity (Wildman–Crippen MR) is 66.0 cm³/mol. The zero-order valence-corrected chi connectivity index (χ0v) is 11.5. The van der Waals surface area contributed by atoms with Crippen LogP contribution in [0.5, 0.6) is 0 Å². The number of carboxylic acids is 1. The molecule has 1 fully saturated rings. The van der Waals surface area contributed by atoms with Crippen molar-refractivity contribution in [3.63, 3.8) is 0 Å². The normalized spacial score (nSPS) is 20.6. The van der Waals surface area contributed by atoms with Crippen LogP contribution in [-0.4, -0.2) is 36.4 Å². The Morgan fingerprint density at radius 1 is 1.33 bits per heavy atom.